The van der Waals surface area contributed by atoms with Crippen LogP contribution in [0.2, 0.25) is 0 Å². The maximum atomic E-state index is 12.2. The van der Waals surface area contributed by atoms with Crippen LogP contribution in [0.15, 0.2) is 36.0 Å². The van der Waals surface area contributed by atoms with Crippen LogP contribution < -0.4 is 16.0 Å². The number of thiophene rings is 1. The smallest absolute Gasteiger partial charge is 0.315 e. The number of rotatable bonds is 7. The molecule has 2 aromatic rings. The lowest BCUT2D eigenvalue weighted by atomic mass is 9.97. The fourth-order valence-corrected chi connectivity index (χ4v) is 3.98. The van der Waals surface area contributed by atoms with Gasteiger partial charge in [0.1, 0.15) is 0 Å². The Hall–Kier alpha value is -2.15. The Morgan fingerprint density at radius 3 is 2.71 bits per heavy atom. The molecule has 1 atom stereocenters. The van der Waals surface area contributed by atoms with E-state index < -0.39 is 0 Å². The summed E-state index contributed by atoms with van der Waals surface area (Å²) in [7, 11) is 0. The number of anilines is 1. The summed E-state index contributed by atoms with van der Waals surface area (Å²) in [6, 6.07) is 5.94. The van der Waals surface area contributed by atoms with E-state index in [9.17, 15) is 4.79 Å². The van der Waals surface area contributed by atoms with E-state index in [1.54, 1.807) is 29.8 Å². The van der Waals surface area contributed by atoms with Gasteiger partial charge in [0, 0.05) is 30.4 Å². The molecule has 0 bridgehead atoms. The highest BCUT2D eigenvalue weighted by Gasteiger charge is 2.28. The van der Waals surface area contributed by atoms with Crippen molar-refractivity contribution >= 4 is 23.3 Å². The van der Waals surface area contributed by atoms with E-state index in [0.29, 0.717) is 25.0 Å². The third-order valence-electron chi connectivity index (χ3n) is 4.27. The predicted molar refractivity (Wildman–Crippen MR) is 96.1 cm³/mol. The van der Waals surface area contributed by atoms with Crippen LogP contribution in [0.1, 0.15) is 36.6 Å². The number of urea groups is 1. The van der Waals surface area contributed by atoms with Crippen molar-refractivity contribution < 1.29 is 4.79 Å². The zero-order valence-electron chi connectivity index (χ0n) is 13.6. The largest absolute Gasteiger partial charge is 0.352 e. The standard InChI is InChI=1S/C17H23N5OS/c23-17(21-11-10-20-16-18-8-4-9-19-16)22-15(13-5-1-2-6-13)14-7-3-12-24-14/h3-4,7-9,12-13,15H,1-2,5-6,10-11H2,(H,18,19,20)(H2,21,22,23). The highest BCUT2D eigenvalue weighted by Crippen LogP contribution is 2.37. The molecule has 128 valence electrons. The lowest BCUT2D eigenvalue weighted by molar-refractivity contribution is 0.232. The molecule has 1 aliphatic rings. The molecule has 6 nitrogen and oxygen atoms in total. The average Bonchev–Trinajstić information content (AvgIpc) is 3.31. The first-order valence-electron chi connectivity index (χ1n) is 8.41. The number of nitrogens with one attached hydrogen (secondary N) is 3. The molecule has 1 saturated carbocycles. The van der Waals surface area contributed by atoms with E-state index in [4.69, 9.17) is 0 Å². The van der Waals surface area contributed by atoms with Gasteiger partial charge in [-0.15, -0.1) is 11.3 Å². The van der Waals surface area contributed by atoms with E-state index >= 15 is 0 Å². The molecule has 2 heterocycles. The van der Waals surface area contributed by atoms with Gasteiger partial charge in [0.2, 0.25) is 5.95 Å². The molecule has 1 unspecified atom stereocenters. The first-order valence-corrected chi connectivity index (χ1v) is 9.29. The molecular formula is C17H23N5OS. The number of carbonyl (C=O) groups excluding carboxylic acids is 1. The minimum absolute atomic E-state index is 0.115. The molecule has 1 fully saturated rings. The highest BCUT2D eigenvalue weighted by atomic mass is 32.1. The van der Waals surface area contributed by atoms with Gasteiger partial charge in [-0.2, -0.15) is 0 Å². The zero-order chi connectivity index (χ0) is 16.6. The van der Waals surface area contributed by atoms with E-state index in [1.807, 2.05) is 6.07 Å². The monoisotopic (exact) mass is 345 g/mol. The van der Waals surface area contributed by atoms with Gasteiger partial charge < -0.3 is 16.0 Å². The minimum Gasteiger partial charge on any atom is -0.352 e. The molecule has 24 heavy (non-hydrogen) atoms. The van der Waals surface area contributed by atoms with Crippen molar-refractivity contribution in [3.63, 3.8) is 0 Å². The maximum Gasteiger partial charge on any atom is 0.315 e. The lowest BCUT2D eigenvalue weighted by Gasteiger charge is -2.24. The van der Waals surface area contributed by atoms with Crippen molar-refractivity contribution in [2.45, 2.75) is 31.7 Å². The molecular weight excluding hydrogens is 322 g/mol. The summed E-state index contributed by atoms with van der Waals surface area (Å²) < 4.78 is 0. The van der Waals surface area contributed by atoms with Crippen molar-refractivity contribution in [2.24, 2.45) is 5.92 Å². The molecule has 1 aliphatic carbocycles. The molecule has 2 amide bonds. The van der Waals surface area contributed by atoms with Gasteiger partial charge >= 0.3 is 6.03 Å². The van der Waals surface area contributed by atoms with Gasteiger partial charge in [-0.25, -0.2) is 14.8 Å². The Labute approximate surface area is 146 Å². The van der Waals surface area contributed by atoms with Crippen molar-refractivity contribution in [1.82, 2.24) is 20.6 Å². The van der Waals surface area contributed by atoms with Crippen molar-refractivity contribution in [3.8, 4) is 0 Å². The van der Waals surface area contributed by atoms with Crippen LogP contribution >= 0.6 is 11.3 Å². The summed E-state index contributed by atoms with van der Waals surface area (Å²) in [5.41, 5.74) is 0. The Morgan fingerprint density at radius 2 is 2.00 bits per heavy atom. The van der Waals surface area contributed by atoms with Gasteiger partial charge in [-0.05, 0) is 36.3 Å². The first-order chi connectivity index (χ1) is 11.8. The molecule has 0 aliphatic heterocycles. The topological polar surface area (TPSA) is 78.9 Å². The van der Waals surface area contributed by atoms with Gasteiger partial charge in [-0.3, -0.25) is 0 Å². The fourth-order valence-electron chi connectivity index (χ4n) is 3.11. The summed E-state index contributed by atoms with van der Waals surface area (Å²) in [5, 5.41) is 11.2. The van der Waals surface area contributed by atoms with Gasteiger partial charge in [0.25, 0.3) is 0 Å². The molecule has 7 heteroatoms. The van der Waals surface area contributed by atoms with Crippen molar-refractivity contribution in [3.05, 3.63) is 40.8 Å². The first kappa shape index (κ1) is 16.7. The van der Waals surface area contributed by atoms with Gasteiger partial charge in [0.15, 0.2) is 0 Å². The minimum atomic E-state index is -0.115. The molecule has 0 aromatic carbocycles. The summed E-state index contributed by atoms with van der Waals surface area (Å²) in [6.45, 7) is 1.11. The molecule has 3 N–H and O–H groups in total. The second-order valence-corrected chi connectivity index (χ2v) is 6.92. The molecule has 3 rings (SSSR count). The Morgan fingerprint density at radius 1 is 1.21 bits per heavy atom. The van der Waals surface area contributed by atoms with Crippen molar-refractivity contribution in [1.29, 1.82) is 0 Å². The summed E-state index contributed by atoms with van der Waals surface area (Å²) in [5.74, 6) is 1.12. The van der Waals surface area contributed by atoms with E-state index in [0.717, 1.165) is 0 Å². The summed E-state index contributed by atoms with van der Waals surface area (Å²) >= 11 is 1.71. The third kappa shape index (κ3) is 4.67. The van der Waals surface area contributed by atoms with Crippen LogP contribution in [0.3, 0.4) is 0 Å². The van der Waals surface area contributed by atoms with E-state index in [2.05, 4.69) is 37.4 Å². The van der Waals surface area contributed by atoms with Gasteiger partial charge in [0.05, 0.1) is 6.04 Å². The molecule has 0 spiro atoms. The Kier molecular flexibility index (Phi) is 6.01. The van der Waals surface area contributed by atoms with Gasteiger partial charge in [-0.1, -0.05) is 18.9 Å². The van der Waals surface area contributed by atoms with Crippen LogP contribution in [-0.2, 0) is 0 Å². The SMILES string of the molecule is O=C(NCCNc1ncccn1)NC(c1cccs1)C1CCCC1. The Balaban J connectivity index is 1.45. The number of nitrogens with zero attached hydrogens (tertiary/aromatic N) is 2. The summed E-state index contributed by atoms with van der Waals surface area (Å²) in [6.07, 6.45) is 8.27. The van der Waals surface area contributed by atoms with Crippen LogP contribution in [-0.4, -0.2) is 29.1 Å². The third-order valence-corrected chi connectivity index (χ3v) is 5.22. The Bertz CT molecular complexity index is 613. The molecule has 0 radical (unpaired) electrons. The second kappa shape index (κ2) is 8.63. The second-order valence-electron chi connectivity index (χ2n) is 5.94. The number of hydrogen-bond acceptors (Lipinski definition) is 5. The lowest BCUT2D eigenvalue weighted by Crippen LogP contribution is -2.41. The molecule has 0 saturated heterocycles. The number of carbonyl (C=O) groups is 1. The van der Waals surface area contributed by atoms with Crippen LogP contribution in [0.4, 0.5) is 10.7 Å². The maximum absolute atomic E-state index is 12.2. The van der Waals surface area contributed by atoms with Crippen LogP contribution in [0.5, 0.6) is 0 Å². The predicted octanol–water partition coefficient (Wildman–Crippen LogP) is 3.18. The number of hydrogen-bond donors (Lipinski definition) is 3. The quantitative estimate of drug-likeness (QED) is 0.674. The van der Waals surface area contributed by atoms with E-state index in [1.165, 1.54) is 30.6 Å². The highest BCUT2D eigenvalue weighted by molar-refractivity contribution is 7.10. The van der Waals surface area contributed by atoms with Crippen molar-refractivity contribution in [2.75, 3.05) is 18.4 Å². The number of amides is 2. The zero-order valence-corrected chi connectivity index (χ0v) is 14.4. The van der Waals surface area contributed by atoms with Crippen LogP contribution in [0.25, 0.3) is 0 Å². The summed E-state index contributed by atoms with van der Waals surface area (Å²) in [4.78, 5) is 21.6. The normalized spacial score (nSPS) is 15.8. The van der Waals surface area contributed by atoms with Crippen LogP contribution in [0, 0.1) is 5.92 Å². The fraction of sp³-hybridized carbons (Fsp3) is 0.471. The average molecular weight is 345 g/mol. The molecule has 2 aromatic heterocycles. The van der Waals surface area contributed by atoms with E-state index in [-0.39, 0.29) is 12.1 Å². The number of aromatic nitrogens is 2.